The van der Waals surface area contributed by atoms with E-state index in [0.717, 1.165) is 29.7 Å². The van der Waals surface area contributed by atoms with Crippen LogP contribution >= 0.6 is 22.9 Å². The number of methoxy groups -OCH3 is 1. The lowest BCUT2D eigenvalue weighted by Gasteiger charge is -2.33. The fraction of sp³-hybridized carbons (Fsp3) is 0.429. The van der Waals surface area contributed by atoms with Gasteiger partial charge in [0, 0.05) is 4.88 Å². The molecule has 28 heavy (non-hydrogen) atoms. The van der Waals surface area contributed by atoms with Gasteiger partial charge >= 0.3 is 5.97 Å². The first-order chi connectivity index (χ1) is 13.1. The maximum Gasteiger partial charge on any atom is 0.341 e. The summed E-state index contributed by atoms with van der Waals surface area (Å²) in [4.78, 5) is 26.2. The number of hydrogen-bond acceptors (Lipinski definition) is 4. The number of nitrogens with one attached hydrogen (secondary N) is 1. The van der Waals surface area contributed by atoms with Gasteiger partial charge in [-0.3, -0.25) is 4.79 Å². The average Bonchev–Trinajstić information content (AvgIpc) is 2.97. The number of amides is 1. The third-order valence-corrected chi connectivity index (χ3v) is 6.78. The average molecular weight is 424 g/mol. The number of fused-ring (bicyclic) bond motifs is 1. The van der Waals surface area contributed by atoms with Crippen molar-refractivity contribution in [2.75, 3.05) is 12.4 Å². The van der Waals surface area contributed by atoms with E-state index >= 15 is 0 Å². The van der Waals surface area contributed by atoms with Crippen molar-refractivity contribution in [2.24, 2.45) is 11.3 Å². The maximum absolute atomic E-state index is 14.1. The van der Waals surface area contributed by atoms with E-state index in [4.69, 9.17) is 16.3 Å². The summed E-state index contributed by atoms with van der Waals surface area (Å²) in [6, 6.07) is 4.06. The molecule has 1 amide bonds. The van der Waals surface area contributed by atoms with Gasteiger partial charge in [0.05, 0.1) is 23.3 Å². The number of esters is 1. The van der Waals surface area contributed by atoms with E-state index in [-0.39, 0.29) is 16.0 Å². The zero-order valence-electron chi connectivity index (χ0n) is 16.3. The summed E-state index contributed by atoms with van der Waals surface area (Å²) < 4.78 is 19.1. The lowest BCUT2D eigenvalue weighted by Crippen LogP contribution is -2.26. The summed E-state index contributed by atoms with van der Waals surface area (Å²) in [5.41, 5.74) is 1.21. The van der Waals surface area contributed by atoms with Gasteiger partial charge in [-0.05, 0) is 48.3 Å². The van der Waals surface area contributed by atoms with Gasteiger partial charge in [0.15, 0.2) is 0 Å². The van der Waals surface area contributed by atoms with E-state index in [1.54, 1.807) is 0 Å². The molecule has 0 saturated heterocycles. The van der Waals surface area contributed by atoms with Crippen LogP contribution in [0.15, 0.2) is 18.2 Å². The number of thiophene rings is 1. The molecule has 1 heterocycles. The Hall–Kier alpha value is -1.92. The first-order valence-corrected chi connectivity index (χ1v) is 10.3. The molecule has 1 aromatic heterocycles. The van der Waals surface area contributed by atoms with Crippen molar-refractivity contribution in [1.82, 2.24) is 0 Å². The van der Waals surface area contributed by atoms with E-state index in [9.17, 15) is 14.0 Å². The Kier molecular flexibility index (Phi) is 5.82. The number of rotatable bonds is 3. The monoisotopic (exact) mass is 423 g/mol. The van der Waals surface area contributed by atoms with Gasteiger partial charge in [-0.15, -0.1) is 11.3 Å². The SMILES string of the molecule is COC(=O)c1c(NC(=O)c2c(F)cccc2Cl)sc2c1CC[C@@H](C(C)(C)C)C2. The summed E-state index contributed by atoms with van der Waals surface area (Å²) in [5, 5.41) is 3.09. The zero-order chi connectivity index (χ0) is 20.6. The van der Waals surface area contributed by atoms with Crippen LogP contribution in [0, 0.1) is 17.2 Å². The van der Waals surface area contributed by atoms with Crippen molar-refractivity contribution in [3.8, 4) is 0 Å². The van der Waals surface area contributed by atoms with Crippen molar-refractivity contribution in [1.29, 1.82) is 0 Å². The quantitative estimate of drug-likeness (QED) is 0.641. The minimum absolute atomic E-state index is 0.0197. The first-order valence-electron chi connectivity index (χ1n) is 9.11. The Morgan fingerprint density at radius 1 is 1.29 bits per heavy atom. The highest BCUT2D eigenvalue weighted by Gasteiger charge is 2.34. The number of benzene rings is 1. The molecule has 0 aliphatic heterocycles. The van der Waals surface area contributed by atoms with E-state index < -0.39 is 17.7 Å². The highest BCUT2D eigenvalue weighted by atomic mass is 35.5. The molecule has 1 atom stereocenters. The molecule has 0 fully saturated rings. The molecule has 2 aromatic rings. The summed E-state index contributed by atoms with van der Waals surface area (Å²) in [6.07, 6.45) is 2.54. The van der Waals surface area contributed by atoms with Gasteiger partial charge in [-0.25, -0.2) is 9.18 Å². The third-order valence-electron chi connectivity index (χ3n) is 5.30. The van der Waals surface area contributed by atoms with Crippen molar-refractivity contribution in [3.05, 3.63) is 50.6 Å². The molecule has 4 nitrogen and oxygen atoms in total. The number of ether oxygens (including phenoxy) is 1. The molecule has 1 aliphatic rings. The fourth-order valence-electron chi connectivity index (χ4n) is 3.61. The normalized spacial score (nSPS) is 16.4. The van der Waals surface area contributed by atoms with Crippen molar-refractivity contribution in [2.45, 2.75) is 40.0 Å². The standard InChI is InChI=1S/C21H23ClFNO3S/c1-21(2,3)11-8-9-12-15(10-11)28-19(16(12)20(26)27-4)24-18(25)17-13(22)6-5-7-14(17)23/h5-7,11H,8-10H2,1-4H3,(H,24,25)/t11-/m1/s1. The van der Waals surface area contributed by atoms with E-state index in [1.807, 2.05) is 0 Å². The molecular weight excluding hydrogens is 401 g/mol. The Balaban J connectivity index is 1.99. The minimum atomic E-state index is -0.710. The topological polar surface area (TPSA) is 55.4 Å². The fourth-order valence-corrected chi connectivity index (χ4v) is 5.17. The van der Waals surface area contributed by atoms with E-state index in [2.05, 4.69) is 26.1 Å². The number of carbonyl (C=O) groups is 2. The number of anilines is 1. The summed E-state index contributed by atoms with van der Waals surface area (Å²) in [6.45, 7) is 6.63. The summed E-state index contributed by atoms with van der Waals surface area (Å²) in [7, 11) is 1.31. The summed E-state index contributed by atoms with van der Waals surface area (Å²) >= 11 is 7.36. The van der Waals surface area contributed by atoms with Crippen LogP contribution in [0.2, 0.25) is 5.02 Å². The smallest absolute Gasteiger partial charge is 0.341 e. The molecule has 150 valence electrons. The predicted molar refractivity (Wildman–Crippen MR) is 110 cm³/mol. The lowest BCUT2D eigenvalue weighted by atomic mass is 9.72. The van der Waals surface area contributed by atoms with Crippen LogP contribution in [-0.2, 0) is 17.6 Å². The van der Waals surface area contributed by atoms with Crippen molar-refractivity contribution < 1.29 is 18.7 Å². The zero-order valence-corrected chi connectivity index (χ0v) is 17.9. The number of hydrogen-bond donors (Lipinski definition) is 1. The van der Waals surface area contributed by atoms with Crippen LogP contribution in [0.25, 0.3) is 0 Å². The second kappa shape index (κ2) is 7.84. The number of carbonyl (C=O) groups excluding carboxylic acids is 2. The first kappa shape index (κ1) is 20.8. The van der Waals surface area contributed by atoms with Crippen molar-refractivity contribution in [3.63, 3.8) is 0 Å². The molecule has 7 heteroatoms. The third kappa shape index (κ3) is 3.94. The molecule has 3 rings (SSSR count). The second-order valence-corrected chi connectivity index (χ2v) is 9.57. The van der Waals surface area contributed by atoms with Gasteiger partial charge in [0.25, 0.3) is 5.91 Å². The molecule has 1 N–H and O–H groups in total. The van der Waals surface area contributed by atoms with Gasteiger partial charge < -0.3 is 10.1 Å². The van der Waals surface area contributed by atoms with Crippen LogP contribution in [0.3, 0.4) is 0 Å². The minimum Gasteiger partial charge on any atom is -0.465 e. The molecule has 1 aromatic carbocycles. The Morgan fingerprint density at radius 3 is 2.61 bits per heavy atom. The molecule has 0 unspecified atom stereocenters. The maximum atomic E-state index is 14.1. The van der Waals surface area contributed by atoms with Gasteiger partial charge in [-0.2, -0.15) is 0 Å². The molecule has 0 radical (unpaired) electrons. The Bertz CT molecular complexity index is 912. The van der Waals surface area contributed by atoms with Gasteiger partial charge in [-0.1, -0.05) is 38.4 Å². The van der Waals surface area contributed by atoms with E-state index in [1.165, 1.54) is 36.6 Å². The van der Waals surface area contributed by atoms with Crippen LogP contribution in [0.4, 0.5) is 9.39 Å². The van der Waals surface area contributed by atoms with Gasteiger partial charge in [0.2, 0.25) is 0 Å². The molecular formula is C21H23ClFNO3S. The highest BCUT2D eigenvalue weighted by molar-refractivity contribution is 7.17. The van der Waals surface area contributed by atoms with Crippen LogP contribution < -0.4 is 5.32 Å². The Morgan fingerprint density at radius 2 is 2.00 bits per heavy atom. The number of halogens is 2. The van der Waals surface area contributed by atoms with Crippen LogP contribution in [0.1, 0.15) is 58.3 Å². The van der Waals surface area contributed by atoms with Gasteiger partial charge in [0.1, 0.15) is 10.8 Å². The molecule has 0 spiro atoms. The van der Waals surface area contributed by atoms with Crippen LogP contribution in [0.5, 0.6) is 0 Å². The second-order valence-electron chi connectivity index (χ2n) is 8.06. The lowest BCUT2D eigenvalue weighted by molar-refractivity contribution is 0.0600. The van der Waals surface area contributed by atoms with E-state index in [0.29, 0.717) is 16.5 Å². The predicted octanol–water partition coefficient (Wildman–Crippen LogP) is 5.73. The largest absolute Gasteiger partial charge is 0.465 e. The molecule has 0 bridgehead atoms. The highest BCUT2D eigenvalue weighted by Crippen LogP contribution is 2.44. The Labute approximate surface area is 173 Å². The van der Waals surface area contributed by atoms with Crippen LogP contribution in [-0.4, -0.2) is 19.0 Å². The molecule has 1 aliphatic carbocycles. The summed E-state index contributed by atoms with van der Waals surface area (Å²) in [5.74, 6) is -1.41. The molecule has 0 saturated carbocycles. The van der Waals surface area contributed by atoms with Crippen molar-refractivity contribution >= 4 is 39.8 Å².